The van der Waals surface area contributed by atoms with Crippen molar-refractivity contribution in [1.29, 1.82) is 0 Å². The number of ether oxygens (including phenoxy) is 2. The number of nitrogens with one attached hydrogen (secondary N) is 1. The molecule has 1 N–H and O–H groups in total. The highest BCUT2D eigenvalue weighted by molar-refractivity contribution is 5.90. The highest BCUT2D eigenvalue weighted by Crippen LogP contribution is 2.48. The predicted octanol–water partition coefficient (Wildman–Crippen LogP) is 3.40. The molecule has 0 radical (unpaired) electrons. The van der Waals surface area contributed by atoms with E-state index in [1.165, 1.54) is 12.1 Å². The Morgan fingerprint density at radius 3 is 2.64 bits per heavy atom. The number of amides is 1. The zero-order valence-electron chi connectivity index (χ0n) is 20.4. The van der Waals surface area contributed by atoms with E-state index in [1.807, 2.05) is 7.05 Å². The summed E-state index contributed by atoms with van der Waals surface area (Å²) in [5.41, 5.74) is 1.15. The van der Waals surface area contributed by atoms with Crippen molar-refractivity contribution >= 4 is 17.5 Å². The Morgan fingerprint density at radius 1 is 1.17 bits per heavy atom. The zero-order valence-corrected chi connectivity index (χ0v) is 20.4. The van der Waals surface area contributed by atoms with Crippen molar-refractivity contribution in [2.24, 2.45) is 0 Å². The van der Waals surface area contributed by atoms with Crippen LogP contribution in [-0.4, -0.2) is 66.3 Å². The van der Waals surface area contributed by atoms with Crippen LogP contribution in [0.4, 0.5) is 20.4 Å². The molecule has 3 fully saturated rings. The smallest absolute Gasteiger partial charge is 0.234 e. The number of benzene rings is 1. The second kappa shape index (κ2) is 9.14. The number of carbonyl (C=O) groups excluding carboxylic acids is 1. The van der Waals surface area contributed by atoms with E-state index in [2.05, 4.69) is 10.2 Å². The number of halogens is 2. The van der Waals surface area contributed by atoms with E-state index >= 15 is 0 Å². The minimum Gasteiger partial charge on any atom is -0.487 e. The van der Waals surface area contributed by atoms with Crippen molar-refractivity contribution in [2.45, 2.75) is 62.6 Å². The predicted molar refractivity (Wildman–Crippen MR) is 129 cm³/mol. The van der Waals surface area contributed by atoms with Gasteiger partial charge in [0.25, 0.3) is 0 Å². The van der Waals surface area contributed by atoms with Gasteiger partial charge in [0.15, 0.2) is 23.2 Å². The fraction of sp³-hybridized carbons (Fsp3) is 0.577. The lowest BCUT2D eigenvalue weighted by molar-refractivity contribution is -0.142. The standard InChI is InChI=1S/C26H31F2N5O3/c1-32-14-20-22(26(25(32)34)8-2-9-26)31-23(29-17-7-12-35-15-17)24(30-20)33-10-5-18(6-11-33)36-21-4-3-16(27)13-19(21)28/h3-4,13,17-18H,2,5-12,14-15H2,1H3,(H,29,31)/t17-/m1/s1. The minimum atomic E-state index is -0.688. The van der Waals surface area contributed by atoms with Crippen molar-refractivity contribution in [3.8, 4) is 5.75 Å². The van der Waals surface area contributed by atoms with Gasteiger partial charge in [-0.05, 0) is 31.4 Å². The van der Waals surface area contributed by atoms with Crippen LogP contribution in [0, 0.1) is 11.6 Å². The van der Waals surface area contributed by atoms with Crippen LogP contribution in [0.3, 0.4) is 0 Å². The van der Waals surface area contributed by atoms with Crippen LogP contribution >= 0.6 is 0 Å². The Hall–Kier alpha value is -3.01. The molecule has 36 heavy (non-hydrogen) atoms. The number of hydrogen-bond donors (Lipinski definition) is 1. The van der Waals surface area contributed by atoms with E-state index in [9.17, 15) is 13.6 Å². The summed E-state index contributed by atoms with van der Waals surface area (Å²) in [6, 6.07) is 3.54. The van der Waals surface area contributed by atoms with Crippen LogP contribution in [0.2, 0.25) is 0 Å². The molecule has 3 aliphatic heterocycles. The van der Waals surface area contributed by atoms with Crippen molar-refractivity contribution in [2.75, 3.05) is 43.6 Å². The van der Waals surface area contributed by atoms with Crippen LogP contribution in [0.25, 0.3) is 0 Å². The first-order chi connectivity index (χ1) is 17.4. The highest BCUT2D eigenvalue weighted by Gasteiger charge is 2.53. The molecule has 2 aromatic rings. The van der Waals surface area contributed by atoms with Gasteiger partial charge in [-0.25, -0.2) is 18.7 Å². The number of piperidine rings is 1. The molecule has 1 aromatic carbocycles. The Morgan fingerprint density at radius 2 is 1.97 bits per heavy atom. The number of carbonyl (C=O) groups is 1. The second-order valence-electron chi connectivity index (χ2n) is 10.4. The topological polar surface area (TPSA) is 79.8 Å². The van der Waals surface area contributed by atoms with Crippen molar-refractivity contribution < 1.29 is 23.0 Å². The average molecular weight is 500 g/mol. The summed E-state index contributed by atoms with van der Waals surface area (Å²) in [5, 5.41) is 3.55. The summed E-state index contributed by atoms with van der Waals surface area (Å²) in [5.74, 6) is 0.396. The molecule has 10 heteroatoms. The Balaban J connectivity index is 1.26. The molecule has 1 amide bonds. The number of anilines is 2. The van der Waals surface area contributed by atoms with Gasteiger partial charge in [0.2, 0.25) is 5.91 Å². The number of nitrogens with zero attached hydrogens (tertiary/aromatic N) is 4. The maximum atomic E-state index is 14.1. The molecule has 2 saturated heterocycles. The van der Waals surface area contributed by atoms with E-state index < -0.39 is 17.0 Å². The highest BCUT2D eigenvalue weighted by atomic mass is 19.1. The Labute approximate surface area is 209 Å². The number of hydrogen-bond acceptors (Lipinski definition) is 7. The van der Waals surface area contributed by atoms with Crippen LogP contribution in [0.1, 0.15) is 49.9 Å². The molecule has 1 saturated carbocycles. The summed E-state index contributed by atoms with van der Waals surface area (Å²) in [4.78, 5) is 27.3. The molecule has 1 spiro atoms. The molecule has 1 aliphatic carbocycles. The maximum Gasteiger partial charge on any atom is 0.234 e. The van der Waals surface area contributed by atoms with Crippen LogP contribution in [0.15, 0.2) is 18.2 Å². The molecular weight excluding hydrogens is 468 g/mol. The summed E-state index contributed by atoms with van der Waals surface area (Å²) in [6.45, 7) is 3.10. The van der Waals surface area contributed by atoms with E-state index in [1.54, 1.807) is 4.90 Å². The van der Waals surface area contributed by atoms with Gasteiger partial charge in [0.05, 0.1) is 36.0 Å². The largest absolute Gasteiger partial charge is 0.487 e. The van der Waals surface area contributed by atoms with Crippen molar-refractivity contribution in [3.05, 3.63) is 41.2 Å². The first-order valence-electron chi connectivity index (χ1n) is 12.8. The van der Waals surface area contributed by atoms with Crippen LogP contribution in [-0.2, 0) is 21.5 Å². The normalized spacial score (nSPS) is 23.5. The fourth-order valence-electron chi connectivity index (χ4n) is 5.79. The molecule has 0 unspecified atom stereocenters. The first kappa shape index (κ1) is 23.4. The zero-order chi connectivity index (χ0) is 24.9. The average Bonchev–Trinajstić information content (AvgIpc) is 3.34. The lowest BCUT2D eigenvalue weighted by Crippen LogP contribution is -2.54. The molecule has 1 atom stereocenters. The van der Waals surface area contributed by atoms with Crippen molar-refractivity contribution in [1.82, 2.24) is 14.9 Å². The third kappa shape index (κ3) is 4.05. The molecule has 4 heterocycles. The summed E-state index contributed by atoms with van der Waals surface area (Å²) in [6.07, 6.45) is 4.70. The van der Waals surface area contributed by atoms with E-state index in [0.29, 0.717) is 51.5 Å². The van der Waals surface area contributed by atoms with Crippen molar-refractivity contribution in [3.63, 3.8) is 0 Å². The van der Waals surface area contributed by atoms with Crippen LogP contribution in [0.5, 0.6) is 5.75 Å². The Bertz CT molecular complexity index is 1160. The first-order valence-corrected chi connectivity index (χ1v) is 12.8. The molecule has 1 aromatic heterocycles. The van der Waals surface area contributed by atoms with Gasteiger partial charge in [-0.15, -0.1) is 0 Å². The van der Waals surface area contributed by atoms with Gasteiger partial charge in [-0.2, -0.15) is 0 Å². The molecule has 8 nitrogen and oxygen atoms in total. The van der Waals surface area contributed by atoms with Gasteiger partial charge >= 0.3 is 0 Å². The van der Waals surface area contributed by atoms with E-state index in [0.717, 1.165) is 49.0 Å². The number of likely N-dealkylation sites (N-methyl/N-ethyl adjacent to an activating group) is 1. The summed E-state index contributed by atoms with van der Waals surface area (Å²) >= 11 is 0. The van der Waals surface area contributed by atoms with Crippen LogP contribution < -0.4 is 15.0 Å². The van der Waals surface area contributed by atoms with Gasteiger partial charge in [0.1, 0.15) is 11.9 Å². The quantitative estimate of drug-likeness (QED) is 0.676. The lowest BCUT2D eigenvalue weighted by atomic mass is 9.63. The number of fused-ring (bicyclic) bond motifs is 2. The molecule has 0 bridgehead atoms. The Kier molecular flexibility index (Phi) is 5.94. The van der Waals surface area contributed by atoms with Gasteiger partial charge in [-0.1, -0.05) is 6.42 Å². The minimum absolute atomic E-state index is 0.0745. The monoisotopic (exact) mass is 499 g/mol. The molecule has 6 rings (SSSR count). The SMILES string of the molecule is CN1Cc2nc(N3CCC(Oc4ccc(F)cc4F)CC3)c(N[C@@H]3CCOC3)nc2C2(CCC2)C1=O. The lowest BCUT2D eigenvalue weighted by Gasteiger charge is -2.46. The summed E-state index contributed by atoms with van der Waals surface area (Å²) in [7, 11) is 1.84. The molecular formula is C26H31F2N5O3. The third-order valence-electron chi connectivity index (χ3n) is 7.95. The van der Waals surface area contributed by atoms with E-state index in [-0.39, 0.29) is 23.8 Å². The molecule has 4 aliphatic rings. The third-order valence-corrected chi connectivity index (χ3v) is 7.95. The number of rotatable bonds is 5. The van der Waals surface area contributed by atoms with E-state index in [4.69, 9.17) is 19.4 Å². The van der Waals surface area contributed by atoms with Gasteiger partial charge < -0.3 is 24.6 Å². The molecule has 192 valence electrons. The second-order valence-corrected chi connectivity index (χ2v) is 10.4. The fourth-order valence-corrected chi connectivity index (χ4v) is 5.79. The number of aromatic nitrogens is 2. The van der Waals surface area contributed by atoms with Gasteiger partial charge in [-0.3, -0.25) is 4.79 Å². The van der Waals surface area contributed by atoms with Gasteiger partial charge in [0, 0.05) is 45.7 Å². The summed E-state index contributed by atoms with van der Waals surface area (Å²) < 4.78 is 38.7. The maximum absolute atomic E-state index is 14.1.